The number of hydrogen-bond acceptors (Lipinski definition) is 14. The van der Waals surface area contributed by atoms with Crippen molar-refractivity contribution >= 4 is 70.2 Å². The van der Waals surface area contributed by atoms with Crippen LogP contribution in [0.1, 0.15) is 82.4 Å². The number of halogens is 2. The van der Waals surface area contributed by atoms with E-state index in [1.165, 1.54) is 25.3 Å². The molecule has 3 N–H and O–H groups in total. The zero-order chi connectivity index (χ0) is 46.4. The van der Waals surface area contributed by atoms with Gasteiger partial charge in [-0.15, -0.1) is 0 Å². The van der Waals surface area contributed by atoms with E-state index in [1.807, 2.05) is 9.80 Å². The van der Waals surface area contributed by atoms with E-state index in [-0.39, 0.29) is 71.9 Å². The van der Waals surface area contributed by atoms with Crippen LogP contribution < -0.4 is 35.4 Å². The molecule has 1 saturated carbocycles. The summed E-state index contributed by atoms with van der Waals surface area (Å²) >= 11 is 0. The molecule has 6 aliphatic rings. The first-order valence-corrected chi connectivity index (χ1v) is 22.4. The molecular weight excluding hydrogens is 861 g/mol. The van der Waals surface area contributed by atoms with Crippen LogP contribution in [-0.4, -0.2) is 157 Å². The number of piperidine rings is 2. The van der Waals surface area contributed by atoms with E-state index < -0.39 is 48.0 Å². The number of piperazine rings is 1. The van der Waals surface area contributed by atoms with Crippen LogP contribution in [0.3, 0.4) is 0 Å². The van der Waals surface area contributed by atoms with Gasteiger partial charge in [-0.05, 0) is 62.4 Å². The molecule has 348 valence electrons. The number of carbonyl (C=O) groups excluding carboxylic acids is 7. The van der Waals surface area contributed by atoms with E-state index in [0.717, 1.165) is 22.6 Å². The summed E-state index contributed by atoms with van der Waals surface area (Å²) in [4.78, 5) is 109. The van der Waals surface area contributed by atoms with Crippen molar-refractivity contribution in [2.75, 3.05) is 86.5 Å². The predicted molar refractivity (Wildman–Crippen MR) is 235 cm³/mol. The Balaban J connectivity index is 0.794. The van der Waals surface area contributed by atoms with Gasteiger partial charge in [-0.3, -0.25) is 48.7 Å². The van der Waals surface area contributed by atoms with Gasteiger partial charge in [0, 0.05) is 70.4 Å². The molecule has 3 aromatic rings. The number of nitrogens with one attached hydrogen (secondary N) is 3. The Morgan fingerprint density at radius 3 is 2.44 bits per heavy atom. The second kappa shape index (κ2) is 17.9. The Labute approximate surface area is 378 Å². The molecule has 2 atom stereocenters. The molecule has 1 unspecified atom stereocenters. The highest BCUT2D eigenvalue weighted by atomic mass is 19.3. The number of amides is 7. The maximum Gasteiger partial charge on any atom is 0.342 e. The van der Waals surface area contributed by atoms with E-state index in [2.05, 4.69) is 25.9 Å². The Bertz CT molecular complexity index is 2490. The minimum atomic E-state index is -3.61. The first-order valence-electron chi connectivity index (χ1n) is 22.4. The number of carbonyl (C=O) groups is 7. The highest BCUT2D eigenvalue weighted by molar-refractivity contribution is 6.25. The molecular formula is C45H51F2N11O8. The zero-order valence-corrected chi connectivity index (χ0v) is 36.7. The maximum atomic E-state index is 15.1. The minimum absolute atomic E-state index is 0.0332. The summed E-state index contributed by atoms with van der Waals surface area (Å²) in [7, 11) is 2.74. The third-order valence-corrected chi connectivity index (χ3v) is 13.5. The SMILES string of the molecule is COc1cc(C(=O)N[C@H]2CCCN(C(=O)CN3CCN(c4cccc5c4C(=O)N(C4CCC(=O)NC4=O)C5=O)CC3)C2)ccc1Nc1ncc2c(n1)N(C1CCCC1)CC(F)(F)C(=O)N2C. The number of nitrogens with zero attached hydrogens (tertiary/aromatic N) is 8. The summed E-state index contributed by atoms with van der Waals surface area (Å²) in [5.41, 5.74) is 1.95. The lowest BCUT2D eigenvalue weighted by Crippen LogP contribution is -2.54. The number of hydrogen-bond donors (Lipinski definition) is 3. The lowest BCUT2D eigenvalue weighted by molar-refractivity contribution is -0.140. The molecule has 5 aliphatic heterocycles. The molecule has 3 saturated heterocycles. The second-order valence-electron chi connectivity index (χ2n) is 17.6. The molecule has 6 heterocycles. The van der Waals surface area contributed by atoms with Gasteiger partial charge in [0.2, 0.25) is 23.7 Å². The molecule has 1 aromatic heterocycles. The summed E-state index contributed by atoms with van der Waals surface area (Å²) < 4.78 is 35.8. The minimum Gasteiger partial charge on any atom is -0.495 e. The van der Waals surface area contributed by atoms with Crippen LogP contribution in [0.5, 0.6) is 5.75 Å². The second-order valence-corrected chi connectivity index (χ2v) is 17.6. The third kappa shape index (κ3) is 8.46. The van der Waals surface area contributed by atoms with Gasteiger partial charge < -0.3 is 35.0 Å². The van der Waals surface area contributed by atoms with Crippen molar-refractivity contribution in [2.24, 2.45) is 0 Å². The molecule has 0 radical (unpaired) electrons. The number of aromatic nitrogens is 2. The van der Waals surface area contributed by atoms with E-state index >= 15 is 8.78 Å². The number of rotatable bonds is 10. The van der Waals surface area contributed by atoms with E-state index in [0.29, 0.717) is 87.6 Å². The quantitative estimate of drug-likeness (QED) is 0.250. The van der Waals surface area contributed by atoms with Crippen LogP contribution in [0.2, 0.25) is 0 Å². The van der Waals surface area contributed by atoms with Crippen LogP contribution in [0.25, 0.3) is 0 Å². The monoisotopic (exact) mass is 911 g/mol. The van der Waals surface area contributed by atoms with Crippen molar-refractivity contribution in [1.29, 1.82) is 0 Å². The number of benzene rings is 2. The third-order valence-electron chi connectivity index (χ3n) is 13.5. The number of ether oxygens (including phenoxy) is 1. The predicted octanol–water partition coefficient (Wildman–Crippen LogP) is 2.53. The van der Waals surface area contributed by atoms with Crippen LogP contribution in [0.4, 0.5) is 37.6 Å². The molecule has 1 aliphatic carbocycles. The topological polar surface area (TPSA) is 210 Å². The smallest absolute Gasteiger partial charge is 0.342 e. The molecule has 9 rings (SSSR count). The highest BCUT2D eigenvalue weighted by Gasteiger charge is 2.49. The Morgan fingerprint density at radius 1 is 0.924 bits per heavy atom. The van der Waals surface area contributed by atoms with Gasteiger partial charge in [0.15, 0.2) is 5.82 Å². The number of alkyl halides is 2. The van der Waals surface area contributed by atoms with Crippen molar-refractivity contribution in [2.45, 2.75) is 75.4 Å². The summed E-state index contributed by atoms with van der Waals surface area (Å²) in [5.74, 6) is -6.95. The fraction of sp³-hybridized carbons (Fsp3) is 0.489. The van der Waals surface area contributed by atoms with Crippen LogP contribution in [-0.2, 0) is 19.2 Å². The fourth-order valence-electron chi connectivity index (χ4n) is 9.95. The Morgan fingerprint density at radius 2 is 1.70 bits per heavy atom. The van der Waals surface area contributed by atoms with E-state index in [1.54, 1.807) is 41.3 Å². The molecule has 7 amide bonds. The van der Waals surface area contributed by atoms with Crippen molar-refractivity contribution in [1.82, 2.24) is 35.3 Å². The Hall–Kier alpha value is -6.77. The van der Waals surface area contributed by atoms with Crippen molar-refractivity contribution in [3.8, 4) is 5.75 Å². The van der Waals surface area contributed by atoms with Crippen molar-refractivity contribution in [3.63, 3.8) is 0 Å². The number of anilines is 5. The number of likely N-dealkylation sites (tertiary alicyclic amines) is 1. The van der Waals surface area contributed by atoms with Crippen LogP contribution in [0.15, 0.2) is 42.6 Å². The fourth-order valence-corrected chi connectivity index (χ4v) is 9.95. The first kappa shape index (κ1) is 44.4. The standard InChI is InChI=1S/C45H51F2N11O8/c1-53-33-22-48-44(52-38(33)57(28-8-3-4-9-28)25-45(46,47)43(53)65)50-30-13-12-26(21-34(30)66-2)39(61)49-27-7-6-16-56(23-27)36(60)24-54-17-19-55(20-18-54)31-11-5-10-29-37(31)42(64)58(41(29)63)32-14-15-35(59)51-40(32)62/h5,10-13,21-22,27-28,32H,3-4,6-9,14-20,23-25H2,1-2H3,(H,49,61)(H,48,50,52)(H,51,59,62)/t27-,32?/m0/s1. The van der Waals surface area contributed by atoms with Crippen molar-refractivity contribution < 1.29 is 47.1 Å². The van der Waals surface area contributed by atoms with Crippen LogP contribution in [0, 0.1) is 0 Å². The molecule has 4 fully saturated rings. The van der Waals surface area contributed by atoms with Crippen molar-refractivity contribution in [3.05, 3.63) is 59.3 Å². The largest absolute Gasteiger partial charge is 0.495 e. The molecule has 21 heteroatoms. The van der Waals surface area contributed by atoms with Gasteiger partial charge in [0.25, 0.3) is 23.6 Å². The van der Waals surface area contributed by atoms with Crippen LogP contribution >= 0.6 is 0 Å². The Kier molecular flexibility index (Phi) is 12.0. The summed E-state index contributed by atoms with van der Waals surface area (Å²) in [6.07, 6.45) is 6.02. The average molecular weight is 912 g/mol. The first-order chi connectivity index (χ1) is 31.7. The summed E-state index contributed by atoms with van der Waals surface area (Å²) in [6, 6.07) is 8.30. The molecule has 19 nitrogen and oxygen atoms in total. The normalized spacial score (nSPS) is 22.5. The molecule has 2 aromatic carbocycles. The van der Waals surface area contributed by atoms with Gasteiger partial charge in [0.05, 0.1) is 48.9 Å². The molecule has 0 spiro atoms. The number of imide groups is 2. The average Bonchev–Trinajstić information content (AvgIpc) is 3.93. The molecule has 0 bridgehead atoms. The van der Waals surface area contributed by atoms with E-state index in [4.69, 9.17) is 4.74 Å². The number of fused-ring (bicyclic) bond motifs is 2. The summed E-state index contributed by atoms with van der Waals surface area (Å²) in [6.45, 7) is 2.27. The van der Waals surface area contributed by atoms with Gasteiger partial charge in [0.1, 0.15) is 17.5 Å². The van der Waals surface area contributed by atoms with Gasteiger partial charge in [-0.1, -0.05) is 18.9 Å². The van der Waals surface area contributed by atoms with Gasteiger partial charge in [-0.2, -0.15) is 13.8 Å². The molecule has 66 heavy (non-hydrogen) atoms. The van der Waals surface area contributed by atoms with Gasteiger partial charge in [-0.25, -0.2) is 4.98 Å². The lowest BCUT2D eigenvalue weighted by atomic mass is 10.0. The maximum absolute atomic E-state index is 15.1. The zero-order valence-electron chi connectivity index (χ0n) is 36.7. The van der Waals surface area contributed by atoms with E-state index in [9.17, 15) is 33.6 Å². The summed E-state index contributed by atoms with van der Waals surface area (Å²) in [5, 5.41) is 8.38. The van der Waals surface area contributed by atoms with Gasteiger partial charge >= 0.3 is 5.92 Å². The lowest BCUT2D eigenvalue weighted by Gasteiger charge is -2.38. The number of methoxy groups -OCH3 is 1. The highest BCUT2D eigenvalue weighted by Crippen LogP contribution is 2.40.